The molecule has 0 saturated carbocycles. The van der Waals surface area contributed by atoms with Crippen molar-refractivity contribution in [2.24, 2.45) is 5.73 Å². The van der Waals surface area contributed by atoms with Gasteiger partial charge in [0.15, 0.2) is 0 Å². The highest BCUT2D eigenvalue weighted by Gasteiger charge is 2.32. The van der Waals surface area contributed by atoms with E-state index in [-0.39, 0.29) is 29.6 Å². The van der Waals surface area contributed by atoms with Crippen LogP contribution in [0.4, 0.5) is 13.2 Å². The van der Waals surface area contributed by atoms with Gasteiger partial charge in [0, 0.05) is 24.8 Å². The molecule has 1 fully saturated rings. The highest BCUT2D eigenvalue weighted by molar-refractivity contribution is 5.96. The molecule has 2 aromatic rings. The first-order valence-corrected chi connectivity index (χ1v) is 10.4. The van der Waals surface area contributed by atoms with E-state index in [0.29, 0.717) is 32.2 Å². The van der Waals surface area contributed by atoms with Crippen molar-refractivity contribution in [2.75, 3.05) is 20.3 Å². The minimum atomic E-state index is -4.62. The van der Waals surface area contributed by atoms with Crippen molar-refractivity contribution in [1.82, 2.24) is 10.6 Å². The topological polar surface area (TPSA) is 103 Å². The molecule has 1 heterocycles. The first-order valence-electron chi connectivity index (χ1n) is 10.4. The Balaban J connectivity index is 1.63. The molecule has 3 rings (SSSR count). The minimum Gasteiger partial charge on any atom is -0.497 e. The van der Waals surface area contributed by atoms with Crippen molar-refractivity contribution in [3.05, 3.63) is 64.7 Å². The summed E-state index contributed by atoms with van der Waals surface area (Å²) in [5.74, 6) is -0.707. The maximum atomic E-state index is 13.0. The maximum absolute atomic E-state index is 13.0. The van der Waals surface area contributed by atoms with Crippen molar-refractivity contribution in [3.8, 4) is 5.75 Å². The summed E-state index contributed by atoms with van der Waals surface area (Å²) in [6.45, 7) is 1.41. The summed E-state index contributed by atoms with van der Waals surface area (Å²) in [7, 11) is 1.60. The summed E-state index contributed by atoms with van der Waals surface area (Å²) in [5, 5.41) is 6.28. The van der Waals surface area contributed by atoms with E-state index in [0.717, 1.165) is 23.4 Å². The standard InChI is InChI=1S/C23H26F3N3O4/c1-32-17-6-2-14(3-7-17)12-28-19-8-9-33-13-20(19)29-21(30)10-15-4-5-16(23(24,25)26)11-18(15)22(27)31/h2-7,11,19-20,28H,8-10,12-13H2,1H3,(H2,27,31)(H,29,30)/t19-,20+/m0/s1. The van der Waals surface area contributed by atoms with Gasteiger partial charge in [0.25, 0.3) is 0 Å². The third kappa shape index (κ3) is 6.69. The summed E-state index contributed by atoms with van der Waals surface area (Å²) in [6, 6.07) is 9.82. The fourth-order valence-corrected chi connectivity index (χ4v) is 3.68. The van der Waals surface area contributed by atoms with E-state index in [9.17, 15) is 22.8 Å². The quantitative estimate of drug-likeness (QED) is 0.556. The average molecular weight is 465 g/mol. The molecule has 178 valence electrons. The molecule has 0 radical (unpaired) electrons. The molecule has 0 aliphatic carbocycles. The Hall–Kier alpha value is -3.11. The van der Waals surface area contributed by atoms with Crippen LogP contribution in [-0.2, 0) is 28.7 Å². The number of ether oxygens (including phenoxy) is 2. The second-order valence-electron chi connectivity index (χ2n) is 7.78. The van der Waals surface area contributed by atoms with E-state index < -0.39 is 23.6 Å². The zero-order valence-corrected chi connectivity index (χ0v) is 18.1. The predicted molar refractivity (Wildman–Crippen MR) is 115 cm³/mol. The predicted octanol–water partition coefficient (Wildman–Crippen LogP) is 2.42. The monoisotopic (exact) mass is 465 g/mol. The smallest absolute Gasteiger partial charge is 0.416 e. The molecular weight excluding hydrogens is 439 g/mol. The Morgan fingerprint density at radius 3 is 2.52 bits per heavy atom. The lowest BCUT2D eigenvalue weighted by Crippen LogP contribution is -2.55. The third-order valence-electron chi connectivity index (χ3n) is 5.48. The molecule has 7 nitrogen and oxygen atoms in total. The summed E-state index contributed by atoms with van der Waals surface area (Å²) in [5.41, 5.74) is 5.10. The normalized spacial score (nSPS) is 18.5. The van der Waals surface area contributed by atoms with E-state index in [1.807, 2.05) is 24.3 Å². The lowest BCUT2D eigenvalue weighted by Gasteiger charge is -2.33. The van der Waals surface area contributed by atoms with Crippen molar-refractivity contribution in [2.45, 2.75) is 37.6 Å². The minimum absolute atomic E-state index is 0.0620. The zero-order valence-electron chi connectivity index (χ0n) is 18.1. The highest BCUT2D eigenvalue weighted by atomic mass is 19.4. The molecule has 2 atom stereocenters. The number of halogens is 3. The van der Waals surface area contributed by atoms with Crippen LogP contribution in [0.3, 0.4) is 0 Å². The molecule has 0 aromatic heterocycles. The van der Waals surface area contributed by atoms with Gasteiger partial charge in [0.05, 0.1) is 31.7 Å². The van der Waals surface area contributed by atoms with Gasteiger partial charge >= 0.3 is 6.18 Å². The number of carbonyl (C=O) groups is 2. The number of benzene rings is 2. The molecule has 0 spiro atoms. The Labute approximate surface area is 189 Å². The van der Waals surface area contributed by atoms with Crippen LogP contribution in [0.1, 0.15) is 33.5 Å². The van der Waals surface area contributed by atoms with Gasteiger partial charge in [-0.05, 0) is 41.8 Å². The number of methoxy groups -OCH3 is 1. The van der Waals surface area contributed by atoms with Crippen LogP contribution in [0.15, 0.2) is 42.5 Å². The van der Waals surface area contributed by atoms with Gasteiger partial charge in [-0.15, -0.1) is 0 Å². The second kappa shape index (κ2) is 10.7. The zero-order chi connectivity index (χ0) is 24.0. The molecule has 0 bridgehead atoms. The Bertz CT molecular complexity index is 980. The molecule has 10 heteroatoms. The summed E-state index contributed by atoms with van der Waals surface area (Å²) < 4.78 is 49.5. The Kier molecular flexibility index (Phi) is 7.93. The first kappa shape index (κ1) is 24.5. The van der Waals surface area contributed by atoms with Crippen LogP contribution in [0.2, 0.25) is 0 Å². The number of nitrogens with one attached hydrogen (secondary N) is 2. The van der Waals surface area contributed by atoms with E-state index in [2.05, 4.69) is 10.6 Å². The molecule has 0 unspecified atom stereocenters. The van der Waals surface area contributed by atoms with Gasteiger partial charge in [-0.25, -0.2) is 0 Å². The maximum Gasteiger partial charge on any atom is 0.416 e. The molecule has 1 aliphatic heterocycles. The number of carbonyl (C=O) groups excluding carboxylic acids is 2. The summed E-state index contributed by atoms with van der Waals surface area (Å²) in [6.07, 6.45) is -4.22. The number of hydrogen-bond acceptors (Lipinski definition) is 5. The molecule has 33 heavy (non-hydrogen) atoms. The molecular formula is C23H26F3N3O4. The van der Waals surface area contributed by atoms with E-state index in [4.69, 9.17) is 15.2 Å². The highest BCUT2D eigenvalue weighted by Crippen LogP contribution is 2.30. The lowest BCUT2D eigenvalue weighted by atomic mass is 9.99. The first-order chi connectivity index (χ1) is 15.7. The Morgan fingerprint density at radius 2 is 1.88 bits per heavy atom. The molecule has 2 aromatic carbocycles. The van der Waals surface area contributed by atoms with Crippen molar-refractivity contribution in [3.63, 3.8) is 0 Å². The van der Waals surface area contributed by atoms with Gasteiger partial charge < -0.3 is 25.8 Å². The number of primary amides is 1. The van der Waals surface area contributed by atoms with Crippen LogP contribution in [0.5, 0.6) is 5.75 Å². The number of amides is 2. The largest absolute Gasteiger partial charge is 0.497 e. The van der Waals surface area contributed by atoms with Crippen LogP contribution in [0, 0.1) is 0 Å². The number of alkyl halides is 3. The molecule has 4 N–H and O–H groups in total. The van der Waals surface area contributed by atoms with Gasteiger partial charge in [-0.1, -0.05) is 18.2 Å². The van der Waals surface area contributed by atoms with Crippen molar-refractivity contribution < 1.29 is 32.2 Å². The fourth-order valence-electron chi connectivity index (χ4n) is 3.68. The van der Waals surface area contributed by atoms with Gasteiger partial charge in [0.2, 0.25) is 11.8 Å². The Morgan fingerprint density at radius 1 is 1.15 bits per heavy atom. The molecule has 1 aliphatic rings. The van der Waals surface area contributed by atoms with Gasteiger partial charge in [-0.2, -0.15) is 13.2 Å². The van der Waals surface area contributed by atoms with Crippen LogP contribution in [-0.4, -0.2) is 44.2 Å². The van der Waals surface area contributed by atoms with Gasteiger partial charge in [0.1, 0.15) is 5.75 Å². The summed E-state index contributed by atoms with van der Waals surface area (Å²) in [4.78, 5) is 24.3. The van der Waals surface area contributed by atoms with Crippen LogP contribution < -0.4 is 21.1 Å². The van der Waals surface area contributed by atoms with E-state index in [1.54, 1.807) is 7.11 Å². The average Bonchev–Trinajstić information content (AvgIpc) is 2.78. The van der Waals surface area contributed by atoms with Crippen LogP contribution >= 0.6 is 0 Å². The SMILES string of the molecule is COc1ccc(CN[C@H]2CCOC[C@H]2NC(=O)Cc2ccc(C(F)(F)F)cc2C(N)=O)cc1. The lowest BCUT2D eigenvalue weighted by molar-refractivity contribution is -0.137. The number of rotatable bonds is 8. The van der Waals surface area contributed by atoms with Crippen molar-refractivity contribution in [1.29, 1.82) is 0 Å². The van der Waals surface area contributed by atoms with Crippen LogP contribution in [0.25, 0.3) is 0 Å². The van der Waals surface area contributed by atoms with Gasteiger partial charge in [-0.3, -0.25) is 9.59 Å². The summed E-state index contributed by atoms with van der Waals surface area (Å²) >= 11 is 0. The second-order valence-corrected chi connectivity index (χ2v) is 7.78. The fraction of sp³-hybridized carbons (Fsp3) is 0.391. The molecule has 1 saturated heterocycles. The number of hydrogen-bond donors (Lipinski definition) is 3. The third-order valence-corrected chi connectivity index (χ3v) is 5.48. The number of nitrogens with two attached hydrogens (primary N) is 1. The van der Waals surface area contributed by atoms with E-state index >= 15 is 0 Å². The molecule has 2 amide bonds. The van der Waals surface area contributed by atoms with E-state index in [1.165, 1.54) is 0 Å². The van der Waals surface area contributed by atoms with Crippen molar-refractivity contribution >= 4 is 11.8 Å².